The maximum Gasteiger partial charge on any atom is 0.216 e. The molecule has 0 aromatic heterocycles. The van der Waals surface area contributed by atoms with Crippen LogP contribution in [0.4, 0.5) is 0 Å². The van der Waals surface area contributed by atoms with E-state index < -0.39 is 0 Å². The Kier molecular flexibility index (Phi) is 2.13. The van der Waals surface area contributed by atoms with Crippen LogP contribution in [0.3, 0.4) is 0 Å². The molecule has 0 saturated carbocycles. The lowest BCUT2D eigenvalue weighted by Gasteiger charge is -1.90. The van der Waals surface area contributed by atoms with Crippen molar-refractivity contribution in [1.82, 2.24) is 0 Å². The average Bonchev–Trinajstić information content (AvgIpc) is 2.14. The molecule has 0 saturated heterocycles. The third-order valence-electron chi connectivity index (χ3n) is 0.921. The van der Waals surface area contributed by atoms with Gasteiger partial charge in [0.15, 0.2) is 0 Å². The van der Waals surface area contributed by atoms with E-state index in [1.165, 1.54) is 11.8 Å². The number of thioether (sulfide) groups is 1. The predicted octanol–water partition coefficient (Wildman–Crippen LogP) is 2.44. The van der Waals surface area contributed by atoms with Gasteiger partial charge in [0.05, 0.1) is 0 Å². The number of carbonyl (C=O) groups excluding carboxylic acids is 1. The van der Waals surface area contributed by atoms with Crippen molar-refractivity contribution in [1.29, 1.82) is 0 Å². The summed E-state index contributed by atoms with van der Waals surface area (Å²) in [6, 6.07) is 0. The molecule has 0 spiro atoms. The van der Waals surface area contributed by atoms with Gasteiger partial charge in [-0.1, -0.05) is 15.9 Å². The molecule has 0 aromatic carbocycles. The van der Waals surface area contributed by atoms with Crippen molar-refractivity contribution in [3.05, 3.63) is 21.5 Å². The minimum atomic E-state index is 0.115. The first-order chi connectivity index (χ1) is 4.20. The monoisotopic (exact) mass is 204 g/mol. The summed E-state index contributed by atoms with van der Waals surface area (Å²) in [5.74, 6) is 0. The summed E-state index contributed by atoms with van der Waals surface area (Å²) < 4.78 is 1.02. The highest BCUT2D eigenvalue weighted by Gasteiger charge is 2.09. The Morgan fingerprint density at radius 2 is 2.33 bits per heavy atom. The van der Waals surface area contributed by atoms with E-state index in [-0.39, 0.29) is 5.12 Å². The molecule has 0 aliphatic carbocycles. The molecule has 0 radical (unpaired) electrons. The van der Waals surface area contributed by atoms with E-state index in [9.17, 15) is 4.79 Å². The summed E-state index contributed by atoms with van der Waals surface area (Å²) in [6.45, 7) is 1.92. The quantitative estimate of drug-likeness (QED) is 0.604. The second kappa shape index (κ2) is 2.71. The molecule has 1 aliphatic heterocycles. The highest BCUT2D eigenvalue weighted by Crippen LogP contribution is 2.30. The second-order valence-electron chi connectivity index (χ2n) is 1.65. The molecular weight excluding hydrogens is 200 g/mol. The standard InChI is InChI=1S/C6H5BrOS/c1-4(7)5-2-3-6(8)9-5/h2-3H,1H3. The zero-order valence-corrected chi connectivity index (χ0v) is 7.25. The number of carbonyl (C=O) groups is 1. The molecule has 9 heavy (non-hydrogen) atoms. The van der Waals surface area contributed by atoms with Gasteiger partial charge in [-0.25, -0.2) is 0 Å². The van der Waals surface area contributed by atoms with E-state index in [1.807, 2.05) is 13.0 Å². The third-order valence-corrected chi connectivity index (χ3v) is 2.61. The molecule has 0 fully saturated rings. The van der Waals surface area contributed by atoms with Crippen molar-refractivity contribution in [2.45, 2.75) is 6.92 Å². The Morgan fingerprint density at radius 3 is 2.56 bits per heavy atom. The van der Waals surface area contributed by atoms with Crippen molar-refractivity contribution >= 4 is 32.8 Å². The van der Waals surface area contributed by atoms with Crippen molar-refractivity contribution in [3.63, 3.8) is 0 Å². The Labute approximate surface area is 66.3 Å². The molecule has 0 unspecified atom stereocenters. The van der Waals surface area contributed by atoms with Crippen LogP contribution < -0.4 is 0 Å². The van der Waals surface area contributed by atoms with Crippen LogP contribution in [-0.4, -0.2) is 5.12 Å². The molecule has 0 atom stereocenters. The van der Waals surface area contributed by atoms with E-state index in [0.29, 0.717) is 0 Å². The summed E-state index contributed by atoms with van der Waals surface area (Å²) in [4.78, 5) is 11.6. The van der Waals surface area contributed by atoms with Gasteiger partial charge >= 0.3 is 0 Å². The SMILES string of the molecule is CC(Br)=C1C=CC(=O)S1. The predicted molar refractivity (Wildman–Crippen MR) is 43.4 cm³/mol. The Hall–Kier alpha value is -0.0200. The Morgan fingerprint density at radius 1 is 1.67 bits per heavy atom. The second-order valence-corrected chi connectivity index (χ2v) is 3.89. The summed E-state index contributed by atoms with van der Waals surface area (Å²) in [5.41, 5.74) is 0. The Balaban J connectivity index is 2.83. The van der Waals surface area contributed by atoms with Crippen LogP contribution in [0, 0.1) is 0 Å². The molecule has 48 valence electrons. The molecule has 3 heteroatoms. The average molecular weight is 205 g/mol. The highest BCUT2D eigenvalue weighted by atomic mass is 79.9. The molecule has 0 aromatic rings. The van der Waals surface area contributed by atoms with Crippen LogP contribution in [0.2, 0.25) is 0 Å². The highest BCUT2D eigenvalue weighted by molar-refractivity contribution is 9.11. The smallest absolute Gasteiger partial charge is 0.216 e. The van der Waals surface area contributed by atoms with Crippen molar-refractivity contribution in [2.24, 2.45) is 0 Å². The minimum absolute atomic E-state index is 0.115. The van der Waals surface area contributed by atoms with Crippen LogP contribution in [0.15, 0.2) is 21.5 Å². The largest absolute Gasteiger partial charge is 0.282 e. The van der Waals surface area contributed by atoms with Gasteiger partial charge in [-0.2, -0.15) is 0 Å². The molecule has 1 nitrogen and oxygen atoms in total. The zero-order valence-electron chi connectivity index (χ0n) is 4.85. The lowest BCUT2D eigenvalue weighted by molar-refractivity contribution is -0.106. The van der Waals surface area contributed by atoms with Gasteiger partial charge in [0, 0.05) is 9.39 Å². The number of allylic oxidation sites excluding steroid dienone is 2. The lowest BCUT2D eigenvalue weighted by atomic mass is 10.4. The van der Waals surface area contributed by atoms with Crippen molar-refractivity contribution in [3.8, 4) is 0 Å². The normalized spacial score (nSPS) is 23.1. The molecule has 0 bridgehead atoms. The van der Waals surface area contributed by atoms with Gasteiger partial charge in [-0.05, 0) is 30.8 Å². The summed E-state index contributed by atoms with van der Waals surface area (Å²) in [7, 11) is 0. The van der Waals surface area contributed by atoms with E-state index in [1.54, 1.807) is 6.08 Å². The first-order valence-electron chi connectivity index (χ1n) is 2.46. The van der Waals surface area contributed by atoms with E-state index >= 15 is 0 Å². The van der Waals surface area contributed by atoms with Gasteiger partial charge < -0.3 is 0 Å². The first kappa shape index (κ1) is 7.09. The lowest BCUT2D eigenvalue weighted by Crippen LogP contribution is -1.73. The zero-order chi connectivity index (χ0) is 6.85. The molecule has 0 N–H and O–H groups in total. The molecule has 1 rings (SSSR count). The molecule has 1 aliphatic rings. The molecule has 1 heterocycles. The van der Waals surface area contributed by atoms with Gasteiger partial charge in [0.1, 0.15) is 0 Å². The maximum atomic E-state index is 10.6. The maximum absolute atomic E-state index is 10.6. The van der Waals surface area contributed by atoms with Crippen molar-refractivity contribution < 1.29 is 4.79 Å². The summed E-state index contributed by atoms with van der Waals surface area (Å²) in [6.07, 6.45) is 3.39. The first-order valence-corrected chi connectivity index (χ1v) is 4.07. The Bertz CT molecular complexity index is 201. The number of hydrogen-bond acceptors (Lipinski definition) is 2. The minimum Gasteiger partial charge on any atom is -0.282 e. The number of rotatable bonds is 0. The number of halogens is 1. The van der Waals surface area contributed by atoms with Gasteiger partial charge in [0.2, 0.25) is 5.12 Å². The van der Waals surface area contributed by atoms with Crippen LogP contribution in [0.1, 0.15) is 6.92 Å². The van der Waals surface area contributed by atoms with Crippen LogP contribution in [0.25, 0.3) is 0 Å². The third kappa shape index (κ3) is 1.69. The van der Waals surface area contributed by atoms with Crippen LogP contribution in [0.5, 0.6) is 0 Å². The van der Waals surface area contributed by atoms with Crippen molar-refractivity contribution in [2.75, 3.05) is 0 Å². The summed E-state index contributed by atoms with van der Waals surface area (Å²) in [5, 5.41) is 0.115. The van der Waals surface area contributed by atoms with E-state index in [2.05, 4.69) is 15.9 Å². The molecule has 0 amide bonds. The number of hydrogen-bond donors (Lipinski definition) is 0. The van der Waals surface area contributed by atoms with Crippen LogP contribution in [-0.2, 0) is 4.79 Å². The fraction of sp³-hybridized carbons (Fsp3) is 0.167. The van der Waals surface area contributed by atoms with Crippen LogP contribution >= 0.6 is 27.7 Å². The fourth-order valence-corrected chi connectivity index (χ4v) is 1.51. The van der Waals surface area contributed by atoms with Gasteiger partial charge in [0.25, 0.3) is 0 Å². The van der Waals surface area contributed by atoms with E-state index in [0.717, 1.165) is 9.39 Å². The van der Waals surface area contributed by atoms with Gasteiger partial charge in [-0.3, -0.25) is 4.79 Å². The summed E-state index contributed by atoms with van der Waals surface area (Å²) >= 11 is 4.54. The fourth-order valence-electron chi connectivity index (χ4n) is 0.505. The molecular formula is C6H5BrOS. The van der Waals surface area contributed by atoms with Gasteiger partial charge in [-0.15, -0.1) is 0 Å². The topological polar surface area (TPSA) is 17.1 Å². The van der Waals surface area contributed by atoms with E-state index in [4.69, 9.17) is 0 Å².